The third-order valence-electron chi connectivity index (χ3n) is 3.15. The maximum atomic E-state index is 4.27. The molecule has 1 aromatic heterocycles. The fourth-order valence-electron chi connectivity index (χ4n) is 2.24. The summed E-state index contributed by atoms with van der Waals surface area (Å²) in [5.74, 6) is 1.06. The van der Waals surface area contributed by atoms with Gasteiger partial charge in [-0.05, 0) is 38.8 Å². The Labute approximate surface area is 97.0 Å². The van der Waals surface area contributed by atoms with E-state index in [1.807, 2.05) is 19.3 Å². The van der Waals surface area contributed by atoms with E-state index in [9.17, 15) is 0 Å². The van der Waals surface area contributed by atoms with E-state index >= 15 is 0 Å². The first-order valence-corrected chi connectivity index (χ1v) is 5.66. The molecule has 0 aliphatic carbocycles. The first-order valence-electron chi connectivity index (χ1n) is 5.66. The zero-order chi connectivity index (χ0) is 11.7. The molecular formula is C14H18N2. The number of rotatable bonds is 2. The van der Waals surface area contributed by atoms with Crippen molar-refractivity contribution in [3.63, 3.8) is 0 Å². The van der Waals surface area contributed by atoms with Crippen molar-refractivity contribution in [2.45, 2.75) is 33.7 Å². The normalized spacial score (nSPS) is 12.8. The minimum absolute atomic E-state index is 0.350. The topological polar surface area (TPSA) is 17.8 Å². The van der Waals surface area contributed by atoms with Gasteiger partial charge in [-0.3, -0.25) is 0 Å². The number of hydrogen-bond donors (Lipinski definition) is 0. The molecule has 1 unspecified atom stereocenters. The first kappa shape index (κ1) is 10.9. The number of aromatic nitrogens is 2. The van der Waals surface area contributed by atoms with Gasteiger partial charge in [0.2, 0.25) is 0 Å². The third-order valence-corrected chi connectivity index (χ3v) is 3.15. The van der Waals surface area contributed by atoms with Crippen molar-refractivity contribution in [3.8, 4) is 0 Å². The van der Waals surface area contributed by atoms with Gasteiger partial charge in [-0.15, -0.1) is 0 Å². The van der Waals surface area contributed by atoms with Crippen molar-refractivity contribution in [1.82, 2.24) is 9.55 Å². The van der Waals surface area contributed by atoms with E-state index in [0.29, 0.717) is 6.04 Å². The standard InChI is InChI=1S/C14H18N2/c1-10-5-6-14(11(2)9-10)12(3)16-8-7-15-13(16)4/h5-9,12H,1-4H3. The van der Waals surface area contributed by atoms with E-state index in [0.717, 1.165) is 5.82 Å². The van der Waals surface area contributed by atoms with E-state index in [-0.39, 0.29) is 0 Å². The lowest BCUT2D eigenvalue weighted by Crippen LogP contribution is -2.09. The molecule has 0 amide bonds. The van der Waals surface area contributed by atoms with E-state index in [1.54, 1.807) is 0 Å². The van der Waals surface area contributed by atoms with Gasteiger partial charge in [0.05, 0.1) is 6.04 Å². The van der Waals surface area contributed by atoms with Crippen molar-refractivity contribution in [2.24, 2.45) is 0 Å². The fraction of sp³-hybridized carbons (Fsp3) is 0.357. The lowest BCUT2D eigenvalue weighted by atomic mass is 10.00. The minimum atomic E-state index is 0.350. The van der Waals surface area contributed by atoms with Gasteiger partial charge in [0.15, 0.2) is 0 Å². The highest BCUT2D eigenvalue weighted by molar-refractivity contribution is 5.33. The second-order valence-electron chi connectivity index (χ2n) is 4.42. The van der Waals surface area contributed by atoms with Crippen molar-refractivity contribution >= 4 is 0 Å². The summed E-state index contributed by atoms with van der Waals surface area (Å²) >= 11 is 0. The summed E-state index contributed by atoms with van der Waals surface area (Å²) in [7, 11) is 0. The Hall–Kier alpha value is -1.57. The van der Waals surface area contributed by atoms with Gasteiger partial charge in [0.1, 0.15) is 5.82 Å². The van der Waals surface area contributed by atoms with Crippen molar-refractivity contribution in [1.29, 1.82) is 0 Å². The highest BCUT2D eigenvalue weighted by Crippen LogP contribution is 2.23. The Morgan fingerprint density at radius 1 is 1.19 bits per heavy atom. The number of aryl methyl sites for hydroxylation is 3. The SMILES string of the molecule is Cc1ccc(C(C)n2ccnc2C)c(C)c1. The monoisotopic (exact) mass is 214 g/mol. The largest absolute Gasteiger partial charge is 0.328 e. The van der Waals surface area contributed by atoms with Gasteiger partial charge in [-0.2, -0.15) is 0 Å². The fourth-order valence-corrected chi connectivity index (χ4v) is 2.24. The molecule has 1 atom stereocenters. The summed E-state index contributed by atoms with van der Waals surface area (Å²) in [5, 5.41) is 0. The molecule has 0 aliphatic heterocycles. The minimum Gasteiger partial charge on any atom is -0.328 e. The van der Waals surface area contributed by atoms with E-state index in [4.69, 9.17) is 0 Å². The number of nitrogens with zero attached hydrogens (tertiary/aromatic N) is 2. The summed E-state index contributed by atoms with van der Waals surface area (Å²) in [6, 6.07) is 6.97. The zero-order valence-corrected chi connectivity index (χ0v) is 10.4. The van der Waals surface area contributed by atoms with Crippen LogP contribution in [-0.4, -0.2) is 9.55 Å². The average molecular weight is 214 g/mol. The molecular weight excluding hydrogens is 196 g/mol. The molecule has 0 N–H and O–H groups in total. The van der Waals surface area contributed by atoms with E-state index < -0.39 is 0 Å². The van der Waals surface area contributed by atoms with Crippen LogP contribution in [0, 0.1) is 20.8 Å². The molecule has 0 aliphatic rings. The van der Waals surface area contributed by atoms with Crippen LogP contribution in [0.2, 0.25) is 0 Å². The van der Waals surface area contributed by atoms with Gasteiger partial charge in [0.25, 0.3) is 0 Å². The molecule has 0 bridgehead atoms. The number of hydrogen-bond acceptors (Lipinski definition) is 1. The van der Waals surface area contributed by atoms with Crippen LogP contribution in [0.4, 0.5) is 0 Å². The molecule has 0 radical (unpaired) electrons. The molecule has 0 saturated carbocycles. The van der Waals surface area contributed by atoms with Crippen molar-refractivity contribution in [2.75, 3.05) is 0 Å². The Morgan fingerprint density at radius 2 is 1.94 bits per heavy atom. The Bertz CT molecular complexity index is 497. The van der Waals surface area contributed by atoms with Crippen molar-refractivity contribution in [3.05, 3.63) is 53.1 Å². The molecule has 16 heavy (non-hydrogen) atoms. The highest BCUT2D eigenvalue weighted by atomic mass is 15.1. The lowest BCUT2D eigenvalue weighted by Gasteiger charge is -2.18. The molecule has 0 fully saturated rings. The Morgan fingerprint density at radius 3 is 2.50 bits per heavy atom. The summed E-state index contributed by atoms with van der Waals surface area (Å²) in [5.41, 5.74) is 4.03. The van der Waals surface area contributed by atoms with Gasteiger partial charge in [0, 0.05) is 12.4 Å². The summed E-state index contributed by atoms with van der Waals surface area (Å²) < 4.78 is 2.21. The molecule has 2 nitrogen and oxygen atoms in total. The van der Waals surface area contributed by atoms with Crippen LogP contribution < -0.4 is 0 Å². The summed E-state index contributed by atoms with van der Waals surface area (Å²) in [6.07, 6.45) is 3.90. The summed E-state index contributed by atoms with van der Waals surface area (Å²) in [4.78, 5) is 4.27. The van der Waals surface area contributed by atoms with Crippen molar-refractivity contribution < 1.29 is 0 Å². The van der Waals surface area contributed by atoms with Crippen LogP contribution in [0.15, 0.2) is 30.6 Å². The first-order chi connectivity index (χ1) is 7.59. The second kappa shape index (κ2) is 4.12. The maximum absolute atomic E-state index is 4.27. The Balaban J connectivity index is 2.41. The Kier molecular flexibility index (Phi) is 2.82. The molecule has 1 aromatic carbocycles. The van der Waals surface area contributed by atoms with E-state index in [2.05, 4.69) is 48.5 Å². The average Bonchev–Trinajstić information content (AvgIpc) is 2.63. The third kappa shape index (κ3) is 1.87. The molecule has 84 valence electrons. The van der Waals surface area contributed by atoms with Gasteiger partial charge < -0.3 is 4.57 Å². The van der Waals surface area contributed by atoms with Crippen LogP contribution in [-0.2, 0) is 0 Å². The van der Waals surface area contributed by atoms with Gasteiger partial charge in [-0.25, -0.2) is 4.98 Å². The molecule has 2 heteroatoms. The lowest BCUT2D eigenvalue weighted by molar-refractivity contribution is 0.615. The van der Waals surface area contributed by atoms with Gasteiger partial charge >= 0.3 is 0 Å². The summed E-state index contributed by atoms with van der Waals surface area (Å²) in [6.45, 7) is 8.56. The van der Waals surface area contributed by atoms with Crippen LogP contribution in [0.1, 0.15) is 35.5 Å². The predicted molar refractivity (Wildman–Crippen MR) is 66.7 cm³/mol. The van der Waals surface area contributed by atoms with Gasteiger partial charge in [-0.1, -0.05) is 23.8 Å². The van der Waals surface area contributed by atoms with Crippen LogP contribution >= 0.6 is 0 Å². The predicted octanol–water partition coefficient (Wildman–Crippen LogP) is 3.42. The molecule has 2 rings (SSSR count). The van der Waals surface area contributed by atoms with Crippen LogP contribution in [0.25, 0.3) is 0 Å². The molecule has 0 saturated heterocycles. The number of imidazole rings is 1. The quantitative estimate of drug-likeness (QED) is 0.749. The number of benzene rings is 1. The second-order valence-corrected chi connectivity index (χ2v) is 4.42. The van der Waals surface area contributed by atoms with E-state index in [1.165, 1.54) is 16.7 Å². The molecule has 2 aromatic rings. The highest BCUT2D eigenvalue weighted by Gasteiger charge is 2.11. The van der Waals surface area contributed by atoms with Crippen LogP contribution in [0.3, 0.4) is 0 Å². The maximum Gasteiger partial charge on any atom is 0.106 e. The molecule has 1 heterocycles. The molecule has 0 spiro atoms. The zero-order valence-electron chi connectivity index (χ0n) is 10.4. The smallest absolute Gasteiger partial charge is 0.106 e. The van der Waals surface area contributed by atoms with Crippen LogP contribution in [0.5, 0.6) is 0 Å².